The normalized spacial score (nSPS) is 10.8. The third-order valence-electron chi connectivity index (χ3n) is 1.61. The first kappa shape index (κ1) is 11.0. The summed E-state index contributed by atoms with van der Waals surface area (Å²) in [5.41, 5.74) is -0.167. The van der Waals surface area contributed by atoms with Gasteiger partial charge in [-0.05, 0) is 12.1 Å². The number of rotatable bonds is 3. The van der Waals surface area contributed by atoms with E-state index in [1.807, 2.05) is 0 Å². The molecule has 0 fully saturated rings. The molecular weight excluding hydrogens is 256 g/mol. The number of hydrogen-bond donors (Lipinski definition) is 0. The van der Waals surface area contributed by atoms with Gasteiger partial charge in [0.25, 0.3) is 5.92 Å². The number of isocyanates is 1. The van der Waals surface area contributed by atoms with Crippen molar-refractivity contribution < 1.29 is 13.6 Å². The molecule has 1 rings (SSSR count). The molecule has 0 bridgehead atoms. The molecule has 0 aliphatic carbocycles. The van der Waals surface area contributed by atoms with Gasteiger partial charge in [0.2, 0.25) is 6.08 Å². The van der Waals surface area contributed by atoms with E-state index in [4.69, 9.17) is 0 Å². The van der Waals surface area contributed by atoms with Crippen LogP contribution in [-0.4, -0.2) is 12.6 Å². The van der Waals surface area contributed by atoms with Gasteiger partial charge in [-0.3, -0.25) is 0 Å². The molecule has 0 aromatic heterocycles. The summed E-state index contributed by atoms with van der Waals surface area (Å²) in [6, 6.07) is 5.58. The lowest BCUT2D eigenvalue weighted by molar-refractivity contribution is 0.00653. The van der Waals surface area contributed by atoms with Crippen LogP contribution >= 0.6 is 15.9 Å². The van der Waals surface area contributed by atoms with Crippen molar-refractivity contribution >= 4 is 22.0 Å². The van der Waals surface area contributed by atoms with Gasteiger partial charge in [0.1, 0.15) is 6.54 Å². The van der Waals surface area contributed by atoms with Gasteiger partial charge < -0.3 is 0 Å². The van der Waals surface area contributed by atoms with Gasteiger partial charge in [0.05, 0.1) is 0 Å². The highest BCUT2D eigenvalue weighted by atomic mass is 79.9. The predicted octanol–water partition coefficient (Wildman–Crippen LogP) is 2.88. The first-order valence-electron chi connectivity index (χ1n) is 3.74. The number of carbonyl (C=O) groups excluding carboxylic acids is 1. The van der Waals surface area contributed by atoms with Gasteiger partial charge in [-0.25, -0.2) is 4.79 Å². The van der Waals surface area contributed by atoms with Crippen molar-refractivity contribution in [3.63, 3.8) is 0 Å². The minimum atomic E-state index is -3.11. The van der Waals surface area contributed by atoms with Crippen LogP contribution in [0.2, 0.25) is 0 Å². The molecule has 1 aromatic carbocycles. The number of alkyl halides is 2. The van der Waals surface area contributed by atoms with Crippen LogP contribution in [0.15, 0.2) is 33.7 Å². The van der Waals surface area contributed by atoms with Gasteiger partial charge in [-0.15, -0.1) is 0 Å². The van der Waals surface area contributed by atoms with Crippen LogP contribution in [0.1, 0.15) is 5.56 Å². The molecule has 0 radical (unpaired) electrons. The first-order valence-corrected chi connectivity index (χ1v) is 4.53. The molecule has 0 saturated heterocycles. The Morgan fingerprint density at radius 3 is 2.43 bits per heavy atom. The molecule has 5 heteroatoms. The molecule has 14 heavy (non-hydrogen) atoms. The summed E-state index contributed by atoms with van der Waals surface area (Å²) >= 11 is 3.13. The molecule has 0 aliphatic heterocycles. The Kier molecular flexibility index (Phi) is 3.49. The van der Waals surface area contributed by atoms with Crippen LogP contribution in [0.4, 0.5) is 8.78 Å². The highest BCUT2D eigenvalue weighted by Gasteiger charge is 2.30. The Hall–Kier alpha value is -1.06. The van der Waals surface area contributed by atoms with Crippen LogP contribution < -0.4 is 0 Å². The predicted molar refractivity (Wildman–Crippen MR) is 51.0 cm³/mol. The van der Waals surface area contributed by atoms with Gasteiger partial charge in [0, 0.05) is 10.0 Å². The van der Waals surface area contributed by atoms with E-state index in [0.29, 0.717) is 0 Å². The average molecular weight is 262 g/mol. The van der Waals surface area contributed by atoms with Crippen molar-refractivity contribution in [3.05, 3.63) is 34.3 Å². The molecule has 0 heterocycles. The first-order chi connectivity index (χ1) is 6.56. The van der Waals surface area contributed by atoms with Gasteiger partial charge in [0.15, 0.2) is 0 Å². The molecule has 0 N–H and O–H groups in total. The number of hydrogen-bond acceptors (Lipinski definition) is 2. The van der Waals surface area contributed by atoms with Crippen molar-refractivity contribution in [1.82, 2.24) is 0 Å². The average Bonchev–Trinajstić information content (AvgIpc) is 2.16. The lowest BCUT2D eigenvalue weighted by Gasteiger charge is -2.12. The highest BCUT2D eigenvalue weighted by Crippen LogP contribution is 2.28. The van der Waals surface area contributed by atoms with Crippen LogP contribution in [0.3, 0.4) is 0 Å². The van der Waals surface area contributed by atoms with Crippen molar-refractivity contribution in [2.45, 2.75) is 5.92 Å². The summed E-state index contributed by atoms with van der Waals surface area (Å²) in [5, 5.41) is 0. The fraction of sp³-hybridized carbons (Fsp3) is 0.222. The Labute approximate surface area is 87.8 Å². The van der Waals surface area contributed by atoms with Gasteiger partial charge >= 0.3 is 0 Å². The Balaban J connectivity index is 2.91. The van der Waals surface area contributed by atoms with Crippen LogP contribution in [-0.2, 0) is 10.7 Å². The summed E-state index contributed by atoms with van der Waals surface area (Å²) in [4.78, 5) is 12.6. The number of aliphatic imine (C=N–C) groups is 1. The Bertz CT molecular complexity index is 358. The van der Waals surface area contributed by atoms with Crippen LogP contribution in [0, 0.1) is 0 Å². The minimum absolute atomic E-state index is 0.167. The summed E-state index contributed by atoms with van der Waals surface area (Å²) in [6.45, 7) is -0.863. The highest BCUT2D eigenvalue weighted by molar-refractivity contribution is 9.10. The molecule has 0 aliphatic rings. The van der Waals surface area contributed by atoms with Crippen molar-refractivity contribution in [2.75, 3.05) is 6.54 Å². The molecule has 0 unspecified atom stereocenters. The third-order valence-corrected chi connectivity index (χ3v) is 2.14. The van der Waals surface area contributed by atoms with Crippen LogP contribution in [0.25, 0.3) is 0 Å². The van der Waals surface area contributed by atoms with E-state index in [2.05, 4.69) is 20.9 Å². The second kappa shape index (κ2) is 4.44. The topological polar surface area (TPSA) is 29.4 Å². The maximum absolute atomic E-state index is 13.2. The molecule has 2 nitrogen and oxygen atoms in total. The zero-order valence-electron chi connectivity index (χ0n) is 7.01. The monoisotopic (exact) mass is 261 g/mol. The van der Waals surface area contributed by atoms with E-state index >= 15 is 0 Å². The fourth-order valence-electron chi connectivity index (χ4n) is 0.917. The summed E-state index contributed by atoms with van der Waals surface area (Å²) in [6.07, 6.45) is 1.09. The zero-order chi connectivity index (χ0) is 10.6. The third kappa shape index (κ3) is 2.72. The minimum Gasteiger partial charge on any atom is -0.211 e. The van der Waals surface area contributed by atoms with Crippen LogP contribution in [0.5, 0.6) is 0 Å². The maximum Gasteiger partial charge on any atom is 0.293 e. The van der Waals surface area contributed by atoms with E-state index < -0.39 is 12.5 Å². The van der Waals surface area contributed by atoms with E-state index in [1.165, 1.54) is 24.3 Å². The second-order valence-corrected chi connectivity index (χ2v) is 3.53. The second-order valence-electron chi connectivity index (χ2n) is 2.62. The number of nitrogens with zero attached hydrogens (tertiary/aromatic N) is 1. The molecule has 0 saturated carbocycles. The van der Waals surface area contributed by atoms with E-state index in [1.54, 1.807) is 0 Å². The maximum atomic E-state index is 13.2. The van der Waals surface area contributed by atoms with E-state index in [0.717, 1.165) is 10.6 Å². The zero-order valence-corrected chi connectivity index (χ0v) is 8.59. The molecule has 0 atom stereocenters. The standard InChI is InChI=1S/C9H6BrF2NO/c10-8-3-1-7(2-4-8)9(11,12)5-13-6-14/h1-4H,5H2. The molecule has 74 valence electrons. The largest absolute Gasteiger partial charge is 0.293 e. The lowest BCUT2D eigenvalue weighted by atomic mass is 10.1. The Morgan fingerprint density at radius 1 is 1.36 bits per heavy atom. The summed E-state index contributed by atoms with van der Waals surface area (Å²) < 4.78 is 27.1. The van der Waals surface area contributed by atoms with E-state index in [9.17, 15) is 13.6 Å². The SMILES string of the molecule is O=C=NCC(F)(F)c1ccc(Br)cc1. The number of halogens is 3. The van der Waals surface area contributed by atoms with Crippen molar-refractivity contribution in [1.29, 1.82) is 0 Å². The molecule has 0 spiro atoms. The van der Waals surface area contributed by atoms with E-state index in [-0.39, 0.29) is 5.56 Å². The lowest BCUT2D eigenvalue weighted by Crippen LogP contribution is -2.17. The van der Waals surface area contributed by atoms with Gasteiger partial charge in [-0.2, -0.15) is 13.8 Å². The smallest absolute Gasteiger partial charge is 0.211 e. The van der Waals surface area contributed by atoms with Crippen molar-refractivity contribution in [2.24, 2.45) is 4.99 Å². The molecular formula is C9H6BrF2NO. The molecule has 0 amide bonds. The fourth-order valence-corrected chi connectivity index (χ4v) is 1.18. The molecule has 1 aromatic rings. The summed E-state index contributed by atoms with van der Waals surface area (Å²) in [5.74, 6) is -3.11. The van der Waals surface area contributed by atoms with Crippen molar-refractivity contribution in [3.8, 4) is 0 Å². The Morgan fingerprint density at radius 2 is 1.93 bits per heavy atom. The van der Waals surface area contributed by atoms with Gasteiger partial charge in [-0.1, -0.05) is 28.1 Å². The summed E-state index contributed by atoms with van der Waals surface area (Å²) in [7, 11) is 0. The quantitative estimate of drug-likeness (QED) is 0.608. The number of benzene rings is 1.